The van der Waals surface area contributed by atoms with E-state index >= 15 is 0 Å². The summed E-state index contributed by atoms with van der Waals surface area (Å²) in [7, 11) is 0. The van der Waals surface area contributed by atoms with Crippen LogP contribution >= 0.6 is 27.7 Å². The lowest BCUT2D eigenvalue weighted by molar-refractivity contribution is 0.529. The molecule has 1 N–H and O–H groups in total. The maximum absolute atomic E-state index is 3.67. The van der Waals surface area contributed by atoms with Gasteiger partial charge in [-0.25, -0.2) is 0 Å². The molecule has 0 amide bonds. The molecule has 1 unspecified atom stereocenters. The Hall–Kier alpha value is -0.770. The molecule has 2 rings (SSSR count). The summed E-state index contributed by atoms with van der Waals surface area (Å²) in [5.74, 6) is 0. The third kappa shape index (κ3) is 5.17. The van der Waals surface area contributed by atoms with Crippen LogP contribution in [-0.2, 0) is 6.42 Å². The van der Waals surface area contributed by atoms with Crippen LogP contribution in [0, 0.1) is 0 Å². The fraction of sp³-hybridized carbons (Fsp3) is 0.333. The van der Waals surface area contributed by atoms with Gasteiger partial charge in [0.15, 0.2) is 0 Å². The maximum atomic E-state index is 3.67. The fourth-order valence-electron chi connectivity index (χ4n) is 2.36. The van der Waals surface area contributed by atoms with Crippen molar-refractivity contribution >= 4 is 27.7 Å². The summed E-state index contributed by atoms with van der Waals surface area (Å²) in [6, 6.07) is 17.9. The van der Waals surface area contributed by atoms with Gasteiger partial charge in [0.1, 0.15) is 0 Å². The molecule has 112 valence electrons. The van der Waals surface area contributed by atoms with Crippen LogP contribution < -0.4 is 5.32 Å². The number of hydrogen-bond donors (Lipinski definition) is 1. The summed E-state index contributed by atoms with van der Waals surface area (Å²) in [4.78, 5) is 1.32. The summed E-state index contributed by atoms with van der Waals surface area (Å²) in [5, 5.41) is 3.67. The Kier molecular flexibility index (Phi) is 6.81. The number of rotatable bonds is 7. The van der Waals surface area contributed by atoms with Crippen molar-refractivity contribution in [2.75, 3.05) is 12.8 Å². The van der Waals surface area contributed by atoms with E-state index in [0.717, 1.165) is 23.9 Å². The Morgan fingerprint density at radius 2 is 1.90 bits per heavy atom. The monoisotopic (exact) mass is 363 g/mol. The normalized spacial score (nSPS) is 12.3. The SMILES string of the molecule is CCCNC(Cc1cccc(Br)c1)c1ccc(SC)cc1. The van der Waals surface area contributed by atoms with Crippen LogP contribution in [0.15, 0.2) is 57.9 Å². The first-order valence-electron chi connectivity index (χ1n) is 7.34. The highest BCUT2D eigenvalue weighted by molar-refractivity contribution is 9.10. The van der Waals surface area contributed by atoms with Crippen molar-refractivity contribution in [3.63, 3.8) is 0 Å². The van der Waals surface area contributed by atoms with Crippen LogP contribution in [0.2, 0.25) is 0 Å². The van der Waals surface area contributed by atoms with Crippen molar-refractivity contribution in [1.82, 2.24) is 5.32 Å². The zero-order valence-electron chi connectivity index (χ0n) is 12.6. The second kappa shape index (κ2) is 8.62. The molecule has 0 aliphatic rings. The van der Waals surface area contributed by atoms with Crippen LogP contribution in [-0.4, -0.2) is 12.8 Å². The van der Waals surface area contributed by atoms with E-state index in [-0.39, 0.29) is 0 Å². The highest BCUT2D eigenvalue weighted by Gasteiger charge is 2.11. The lowest BCUT2D eigenvalue weighted by atomic mass is 9.99. The molecule has 3 heteroatoms. The van der Waals surface area contributed by atoms with E-state index in [4.69, 9.17) is 0 Å². The number of hydrogen-bond acceptors (Lipinski definition) is 2. The largest absolute Gasteiger partial charge is 0.310 e. The molecule has 0 heterocycles. The first kappa shape index (κ1) is 16.6. The second-order valence-corrected chi connectivity index (χ2v) is 6.91. The van der Waals surface area contributed by atoms with Gasteiger partial charge in [-0.3, -0.25) is 0 Å². The summed E-state index contributed by atoms with van der Waals surface area (Å²) in [5.41, 5.74) is 2.72. The standard InChI is InChI=1S/C18H22BrNS/c1-3-11-20-18(13-14-5-4-6-16(19)12-14)15-7-9-17(21-2)10-8-15/h4-10,12,18,20H,3,11,13H2,1-2H3. The van der Waals surface area contributed by atoms with Gasteiger partial charge in [0, 0.05) is 15.4 Å². The van der Waals surface area contributed by atoms with E-state index in [1.165, 1.54) is 16.0 Å². The van der Waals surface area contributed by atoms with Crippen LogP contribution in [0.3, 0.4) is 0 Å². The molecule has 2 aromatic carbocycles. The summed E-state index contributed by atoms with van der Waals surface area (Å²) >= 11 is 5.34. The maximum Gasteiger partial charge on any atom is 0.0360 e. The topological polar surface area (TPSA) is 12.0 Å². The molecule has 0 spiro atoms. The van der Waals surface area contributed by atoms with Crippen LogP contribution in [0.5, 0.6) is 0 Å². The van der Waals surface area contributed by atoms with Crippen molar-refractivity contribution in [2.24, 2.45) is 0 Å². The van der Waals surface area contributed by atoms with Crippen molar-refractivity contribution in [3.8, 4) is 0 Å². The summed E-state index contributed by atoms with van der Waals surface area (Å²) in [6.07, 6.45) is 4.28. The van der Waals surface area contributed by atoms with E-state index < -0.39 is 0 Å². The van der Waals surface area contributed by atoms with Crippen LogP contribution in [0.4, 0.5) is 0 Å². The molecule has 0 saturated carbocycles. The van der Waals surface area contributed by atoms with Gasteiger partial charge in [-0.05, 0) is 61.0 Å². The molecular formula is C18H22BrNS. The fourth-order valence-corrected chi connectivity index (χ4v) is 3.22. The van der Waals surface area contributed by atoms with Crippen molar-refractivity contribution in [3.05, 3.63) is 64.1 Å². The smallest absolute Gasteiger partial charge is 0.0360 e. The molecule has 0 radical (unpaired) electrons. The van der Waals surface area contributed by atoms with Crippen molar-refractivity contribution in [2.45, 2.75) is 30.7 Å². The minimum atomic E-state index is 0.371. The van der Waals surface area contributed by atoms with Gasteiger partial charge in [-0.1, -0.05) is 47.1 Å². The van der Waals surface area contributed by atoms with E-state index in [1.807, 2.05) is 0 Å². The Bertz CT molecular complexity index is 553. The zero-order chi connectivity index (χ0) is 15.1. The quantitative estimate of drug-likeness (QED) is 0.655. The Labute approximate surface area is 140 Å². The average Bonchev–Trinajstić information content (AvgIpc) is 2.51. The first-order chi connectivity index (χ1) is 10.2. The Morgan fingerprint density at radius 1 is 1.14 bits per heavy atom. The van der Waals surface area contributed by atoms with E-state index in [2.05, 4.69) is 83.0 Å². The van der Waals surface area contributed by atoms with Gasteiger partial charge in [-0.2, -0.15) is 0 Å². The first-order valence-corrected chi connectivity index (χ1v) is 9.36. The number of halogens is 1. The molecule has 21 heavy (non-hydrogen) atoms. The highest BCUT2D eigenvalue weighted by Crippen LogP contribution is 2.23. The summed E-state index contributed by atoms with van der Waals surface area (Å²) < 4.78 is 1.15. The predicted octanol–water partition coefficient (Wildman–Crippen LogP) is 5.45. The van der Waals surface area contributed by atoms with E-state index in [1.54, 1.807) is 11.8 Å². The molecule has 0 aliphatic heterocycles. The molecule has 0 aromatic heterocycles. The molecule has 0 saturated heterocycles. The molecule has 1 nitrogen and oxygen atoms in total. The number of nitrogens with one attached hydrogen (secondary N) is 1. The average molecular weight is 364 g/mol. The van der Waals surface area contributed by atoms with Crippen molar-refractivity contribution in [1.29, 1.82) is 0 Å². The Balaban J connectivity index is 2.16. The third-order valence-corrected chi connectivity index (χ3v) is 4.72. The number of benzene rings is 2. The number of thioether (sulfide) groups is 1. The van der Waals surface area contributed by atoms with Gasteiger partial charge in [-0.15, -0.1) is 11.8 Å². The van der Waals surface area contributed by atoms with Gasteiger partial charge in [0.2, 0.25) is 0 Å². The van der Waals surface area contributed by atoms with Gasteiger partial charge < -0.3 is 5.32 Å². The lowest BCUT2D eigenvalue weighted by Crippen LogP contribution is -2.24. The van der Waals surface area contributed by atoms with Crippen LogP contribution in [0.25, 0.3) is 0 Å². The van der Waals surface area contributed by atoms with Crippen molar-refractivity contribution < 1.29 is 0 Å². The minimum absolute atomic E-state index is 0.371. The molecule has 0 bridgehead atoms. The summed E-state index contributed by atoms with van der Waals surface area (Å²) in [6.45, 7) is 3.25. The van der Waals surface area contributed by atoms with Crippen LogP contribution in [0.1, 0.15) is 30.5 Å². The van der Waals surface area contributed by atoms with E-state index in [0.29, 0.717) is 6.04 Å². The molecular weight excluding hydrogens is 342 g/mol. The highest BCUT2D eigenvalue weighted by atomic mass is 79.9. The van der Waals surface area contributed by atoms with Gasteiger partial charge >= 0.3 is 0 Å². The second-order valence-electron chi connectivity index (χ2n) is 5.11. The third-order valence-electron chi connectivity index (χ3n) is 3.49. The molecule has 0 fully saturated rings. The van der Waals surface area contributed by atoms with Gasteiger partial charge in [0.25, 0.3) is 0 Å². The lowest BCUT2D eigenvalue weighted by Gasteiger charge is -2.19. The zero-order valence-corrected chi connectivity index (χ0v) is 15.0. The molecule has 0 aliphatic carbocycles. The molecule has 1 atom stereocenters. The molecule has 2 aromatic rings. The minimum Gasteiger partial charge on any atom is -0.310 e. The predicted molar refractivity (Wildman–Crippen MR) is 97.1 cm³/mol. The van der Waals surface area contributed by atoms with Gasteiger partial charge in [0.05, 0.1) is 0 Å². The van der Waals surface area contributed by atoms with E-state index in [9.17, 15) is 0 Å². The Morgan fingerprint density at radius 3 is 2.52 bits per heavy atom.